The predicted octanol–water partition coefficient (Wildman–Crippen LogP) is 3.33. The molecule has 120 valence electrons. The fraction of sp³-hybridized carbons (Fsp3) is 0.176. The summed E-state index contributed by atoms with van der Waals surface area (Å²) in [4.78, 5) is 23.7. The molecule has 0 fully saturated rings. The van der Waals surface area contributed by atoms with Crippen LogP contribution in [0.5, 0.6) is 0 Å². The van der Waals surface area contributed by atoms with E-state index >= 15 is 0 Å². The number of ether oxygens (including phenoxy) is 1. The van der Waals surface area contributed by atoms with Crippen molar-refractivity contribution in [2.75, 3.05) is 17.7 Å². The highest BCUT2D eigenvalue weighted by Gasteiger charge is 2.12. The summed E-state index contributed by atoms with van der Waals surface area (Å²) < 4.78 is 4.97. The van der Waals surface area contributed by atoms with Crippen LogP contribution in [0.4, 0.5) is 11.4 Å². The molecule has 0 saturated heterocycles. The lowest BCUT2D eigenvalue weighted by atomic mass is 10.1. The Kier molecular flexibility index (Phi) is 5.24. The highest BCUT2D eigenvalue weighted by Crippen LogP contribution is 2.20. The second-order valence-electron chi connectivity index (χ2n) is 5.24. The van der Waals surface area contributed by atoms with Crippen LogP contribution in [0.15, 0.2) is 36.4 Å². The molecule has 23 heavy (non-hydrogen) atoms. The molecular weight excluding hydrogens is 316 g/mol. The Labute approximate surface area is 139 Å². The van der Waals surface area contributed by atoms with Crippen molar-refractivity contribution >= 4 is 34.9 Å². The van der Waals surface area contributed by atoms with E-state index in [9.17, 15) is 9.59 Å². The van der Waals surface area contributed by atoms with Crippen molar-refractivity contribution < 1.29 is 14.3 Å². The van der Waals surface area contributed by atoms with Crippen LogP contribution in [0.25, 0.3) is 0 Å². The van der Waals surface area contributed by atoms with Gasteiger partial charge in [0.15, 0.2) is 6.61 Å². The number of hydrogen-bond acceptors (Lipinski definition) is 4. The molecule has 0 aliphatic rings. The number of aryl methyl sites for hydroxylation is 2. The molecule has 0 atom stereocenters. The number of esters is 1. The summed E-state index contributed by atoms with van der Waals surface area (Å²) in [5.41, 5.74) is 8.88. The summed E-state index contributed by atoms with van der Waals surface area (Å²) in [7, 11) is 0. The summed E-state index contributed by atoms with van der Waals surface area (Å²) >= 11 is 5.79. The van der Waals surface area contributed by atoms with Gasteiger partial charge in [0.1, 0.15) is 0 Å². The number of anilines is 2. The quantitative estimate of drug-likeness (QED) is 0.664. The molecule has 0 saturated carbocycles. The number of benzene rings is 2. The van der Waals surface area contributed by atoms with Crippen LogP contribution in [0.3, 0.4) is 0 Å². The highest BCUT2D eigenvalue weighted by atomic mass is 35.5. The molecule has 2 aromatic carbocycles. The van der Waals surface area contributed by atoms with Crippen LogP contribution in [-0.4, -0.2) is 18.5 Å². The van der Waals surface area contributed by atoms with E-state index in [1.807, 2.05) is 32.0 Å². The highest BCUT2D eigenvalue weighted by molar-refractivity contribution is 6.33. The van der Waals surface area contributed by atoms with Crippen LogP contribution in [0, 0.1) is 13.8 Å². The number of nitrogens with two attached hydrogens (primary N) is 1. The van der Waals surface area contributed by atoms with Crippen LogP contribution >= 0.6 is 11.6 Å². The van der Waals surface area contributed by atoms with Crippen LogP contribution in [-0.2, 0) is 9.53 Å². The predicted molar refractivity (Wildman–Crippen MR) is 90.7 cm³/mol. The SMILES string of the molecule is Cc1cc(C)cc(NC(=O)COC(=O)c2ccc(Cl)c(N)c2)c1. The molecule has 0 bridgehead atoms. The minimum atomic E-state index is -0.635. The minimum Gasteiger partial charge on any atom is -0.452 e. The van der Waals surface area contributed by atoms with Gasteiger partial charge >= 0.3 is 5.97 Å². The standard InChI is InChI=1S/C17H17ClN2O3/c1-10-5-11(2)7-13(6-10)20-16(21)9-23-17(22)12-3-4-14(18)15(19)8-12/h3-8H,9,19H2,1-2H3,(H,20,21). The third-order valence-electron chi connectivity index (χ3n) is 3.07. The summed E-state index contributed by atoms with van der Waals surface area (Å²) in [6, 6.07) is 10.1. The van der Waals surface area contributed by atoms with E-state index in [2.05, 4.69) is 5.32 Å². The Morgan fingerprint density at radius 1 is 1.13 bits per heavy atom. The fourth-order valence-corrected chi connectivity index (χ4v) is 2.25. The normalized spacial score (nSPS) is 10.2. The number of amides is 1. The molecule has 2 aromatic rings. The number of rotatable bonds is 4. The molecule has 2 rings (SSSR count). The van der Waals surface area contributed by atoms with Crippen LogP contribution in [0.1, 0.15) is 21.5 Å². The van der Waals surface area contributed by atoms with Crippen molar-refractivity contribution in [3.8, 4) is 0 Å². The summed E-state index contributed by atoms with van der Waals surface area (Å²) in [5.74, 6) is -1.05. The molecule has 1 amide bonds. The molecule has 0 heterocycles. The van der Waals surface area contributed by atoms with Gasteiger partial charge in [0.05, 0.1) is 16.3 Å². The Bertz CT molecular complexity index is 739. The second kappa shape index (κ2) is 7.15. The molecule has 0 aliphatic carbocycles. The monoisotopic (exact) mass is 332 g/mol. The zero-order valence-corrected chi connectivity index (χ0v) is 13.6. The van der Waals surface area contributed by atoms with E-state index < -0.39 is 11.9 Å². The largest absolute Gasteiger partial charge is 0.452 e. The molecule has 5 nitrogen and oxygen atoms in total. The maximum absolute atomic E-state index is 11.9. The first-order chi connectivity index (χ1) is 10.8. The van der Waals surface area contributed by atoms with Gasteiger partial charge in [-0.05, 0) is 55.3 Å². The second-order valence-corrected chi connectivity index (χ2v) is 5.64. The first kappa shape index (κ1) is 16.8. The van der Waals surface area contributed by atoms with Crippen molar-refractivity contribution in [2.24, 2.45) is 0 Å². The van der Waals surface area contributed by atoms with Gasteiger partial charge in [-0.3, -0.25) is 4.79 Å². The van der Waals surface area contributed by atoms with E-state index in [4.69, 9.17) is 22.1 Å². The maximum atomic E-state index is 11.9. The number of carbonyl (C=O) groups excluding carboxylic acids is 2. The van der Waals surface area contributed by atoms with Crippen molar-refractivity contribution in [3.63, 3.8) is 0 Å². The third-order valence-corrected chi connectivity index (χ3v) is 3.42. The molecule has 0 unspecified atom stereocenters. The molecule has 0 aromatic heterocycles. The van der Waals surface area contributed by atoms with E-state index in [1.165, 1.54) is 18.2 Å². The van der Waals surface area contributed by atoms with Gasteiger partial charge in [-0.25, -0.2) is 4.79 Å². The van der Waals surface area contributed by atoms with Crippen molar-refractivity contribution in [2.45, 2.75) is 13.8 Å². The maximum Gasteiger partial charge on any atom is 0.338 e. The number of nitrogens with one attached hydrogen (secondary N) is 1. The van der Waals surface area contributed by atoms with Gasteiger partial charge < -0.3 is 15.8 Å². The molecule has 0 aliphatic heterocycles. The Morgan fingerprint density at radius 2 is 1.78 bits per heavy atom. The third kappa shape index (κ3) is 4.72. The number of hydrogen-bond donors (Lipinski definition) is 2. The Hall–Kier alpha value is -2.53. The van der Waals surface area contributed by atoms with Gasteiger partial charge in [0.25, 0.3) is 5.91 Å². The molecule has 0 radical (unpaired) electrons. The first-order valence-corrected chi connectivity index (χ1v) is 7.33. The van der Waals surface area contributed by atoms with E-state index in [0.29, 0.717) is 10.7 Å². The van der Waals surface area contributed by atoms with Crippen molar-refractivity contribution in [1.82, 2.24) is 0 Å². The summed E-state index contributed by atoms with van der Waals surface area (Å²) in [6.07, 6.45) is 0. The van der Waals surface area contributed by atoms with E-state index in [0.717, 1.165) is 11.1 Å². The van der Waals surface area contributed by atoms with Crippen LogP contribution in [0.2, 0.25) is 5.02 Å². The smallest absolute Gasteiger partial charge is 0.338 e. The molecule has 6 heteroatoms. The lowest BCUT2D eigenvalue weighted by Crippen LogP contribution is -2.21. The lowest BCUT2D eigenvalue weighted by Gasteiger charge is -2.09. The number of halogens is 1. The molecular formula is C17H17ClN2O3. The van der Waals surface area contributed by atoms with Gasteiger partial charge in [-0.1, -0.05) is 17.7 Å². The van der Waals surface area contributed by atoms with Gasteiger partial charge in [-0.2, -0.15) is 0 Å². The summed E-state index contributed by atoms with van der Waals surface area (Å²) in [5, 5.41) is 3.04. The fourth-order valence-electron chi connectivity index (χ4n) is 2.13. The topological polar surface area (TPSA) is 81.4 Å². The average molecular weight is 333 g/mol. The Morgan fingerprint density at radius 3 is 2.39 bits per heavy atom. The van der Waals surface area contributed by atoms with Gasteiger partial charge in [-0.15, -0.1) is 0 Å². The minimum absolute atomic E-state index is 0.242. The van der Waals surface area contributed by atoms with Gasteiger partial charge in [0, 0.05) is 5.69 Å². The van der Waals surface area contributed by atoms with Crippen LogP contribution < -0.4 is 11.1 Å². The lowest BCUT2D eigenvalue weighted by molar-refractivity contribution is -0.119. The van der Waals surface area contributed by atoms with Crippen molar-refractivity contribution in [1.29, 1.82) is 0 Å². The average Bonchev–Trinajstić information content (AvgIpc) is 2.46. The molecule has 0 spiro atoms. The zero-order chi connectivity index (χ0) is 17.0. The Balaban J connectivity index is 1.93. The number of nitrogen functional groups attached to an aromatic ring is 1. The molecule has 3 N–H and O–H groups in total. The van der Waals surface area contributed by atoms with Gasteiger partial charge in [0.2, 0.25) is 0 Å². The van der Waals surface area contributed by atoms with E-state index in [-0.39, 0.29) is 17.9 Å². The number of carbonyl (C=O) groups is 2. The first-order valence-electron chi connectivity index (χ1n) is 6.95. The van der Waals surface area contributed by atoms with Crippen molar-refractivity contribution in [3.05, 3.63) is 58.1 Å². The van der Waals surface area contributed by atoms with E-state index in [1.54, 1.807) is 0 Å². The summed E-state index contributed by atoms with van der Waals surface area (Å²) in [6.45, 7) is 3.50. The zero-order valence-electron chi connectivity index (χ0n) is 12.9.